The van der Waals surface area contributed by atoms with Crippen LogP contribution in [0.1, 0.15) is 177 Å². The van der Waals surface area contributed by atoms with Gasteiger partial charge in [-0.05, 0) is 152 Å². The summed E-state index contributed by atoms with van der Waals surface area (Å²) in [5.74, 6) is -3.82. The molecule has 0 bridgehead atoms. The summed E-state index contributed by atoms with van der Waals surface area (Å²) >= 11 is 0. The van der Waals surface area contributed by atoms with Gasteiger partial charge in [-0.15, -0.1) is 10.2 Å². The zero-order valence-corrected chi connectivity index (χ0v) is 62.2. The molecule has 24 nitrogen and oxygen atoms in total. The quantitative estimate of drug-likeness (QED) is 0.0725. The molecule has 0 aliphatic heterocycles. The van der Waals surface area contributed by atoms with Gasteiger partial charge in [-0.2, -0.15) is 62.7 Å². The summed E-state index contributed by atoms with van der Waals surface area (Å²) in [5.41, 5.74) is 9.23. The normalized spacial score (nSPS) is 15.3. The third-order valence-corrected chi connectivity index (χ3v) is 19.8. The van der Waals surface area contributed by atoms with E-state index in [2.05, 4.69) is 100.0 Å². The van der Waals surface area contributed by atoms with E-state index in [-0.39, 0.29) is 48.0 Å². The third-order valence-electron chi connectivity index (χ3n) is 19.8. The lowest BCUT2D eigenvalue weighted by molar-refractivity contribution is -0.141. The van der Waals surface area contributed by atoms with E-state index in [1.165, 1.54) is 45.4 Å². The Balaban J connectivity index is 0.000000115. The van der Waals surface area contributed by atoms with Gasteiger partial charge >= 0.3 is 6.18 Å². The molecule has 36 heteroatoms. The van der Waals surface area contributed by atoms with Gasteiger partial charge in [-0.3, -0.25) is 4.57 Å². The number of aromatic nitrogens is 21. The van der Waals surface area contributed by atoms with Crippen molar-refractivity contribution >= 4 is 72.5 Å². The molecule has 11 aromatic heterocycles. The third kappa shape index (κ3) is 16.5. The Morgan fingerprint density at radius 1 is 0.356 bits per heavy atom. The predicted molar refractivity (Wildman–Crippen MR) is 411 cm³/mol. The molecular formula is C82H66F12N24. The molecule has 20 rings (SSSR count). The van der Waals surface area contributed by atoms with Crippen LogP contribution in [0.15, 0.2) is 134 Å². The first-order chi connectivity index (χ1) is 56.2. The number of alkyl halides is 8. The van der Waals surface area contributed by atoms with Crippen LogP contribution >= 0.6 is 0 Å². The second-order valence-corrected chi connectivity index (χ2v) is 28.9. The molecule has 11 heterocycles. The van der Waals surface area contributed by atoms with Crippen molar-refractivity contribution in [3.63, 3.8) is 0 Å². The standard InChI is InChI=1S/C17H14FN5.C16H12F4N4.C16H10F3N5.C16H13F3N4.C16H13FN6.CH4/c1-10(18)15-7-11(9-20-22-15)17-21-14-6-3-12(19-2)8-16(14)23(17)13-4-5-13;1-16(19,20)14-4-8(7-21-23-14)15-22-12-5-10(17)11(18)6-13(12)24(15)9-2-3-9;1-20-10-2-5-12-13(7-10)24(11-3-4-11)15(22-12)9-6-14(16(17,18)19)23-21-8-9;1-8(17)13-4-9(7-20-22-13)16-21-14-5-11(18)12(19)6-15(14)23(16)10-2-3-10;1-9(17)13-7-10(8-19-22-13)15-20-12-5-6-14(18-2)21-16(12)23(15)11-3-4-11;/h3,6-10,13H,4-5H2,1H3;4-7,9H,2-3H2,1H3;2,5-8,11H,3-4H2;4-8,10H,2-3H2,1H3;5-9,11H,3-4H2,1H3;1H4. The van der Waals surface area contributed by atoms with E-state index >= 15 is 0 Å². The highest BCUT2D eigenvalue weighted by atomic mass is 19.4. The second kappa shape index (κ2) is 31.9. The van der Waals surface area contributed by atoms with Gasteiger partial charge in [0.1, 0.15) is 58.8 Å². The van der Waals surface area contributed by atoms with Gasteiger partial charge in [0, 0.05) is 89.2 Å². The molecule has 5 saturated carbocycles. The van der Waals surface area contributed by atoms with Gasteiger partial charge in [-0.1, -0.05) is 31.1 Å². The average Bonchev–Trinajstić information content (AvgIpc) is 1.62. The van der Waals surface area contributed by atoms with Gasteiger partial charge in [-0.25, -0.2) is 65.3 Å². The average molecular weight is 1620 g/mol. The highest BCUT2D eigenvalue weighted by Crippen LogP contribution is 2.48. The summed E-state index contributed by atoms with van der Waals surface area (Å²) < 4.78 is 170. The summed E-state index contributed by atoms with van der Waals surface area (Å²) in [6, 6.07) is 26.7. The summed E-state index contributed by atoms with van der Waals surface area (Å²) in [6.45, 7) is 26.4. The van der Waals surface area contributed by atoms with Crippen LogP contribution in [0.5, 0.6) is 0 Å². The molecule has 15 aromatic rings. The number of pyridine rings is 1. The Labute approximate surface area is 663 Å². The minimum absolute atomic E-state index is 0. The van der Waals surface area contributed by atoms with E-state index in [9.17, 15) is 52.7 Å². The lowest BCUT2D eigenvalue weighted by Gasteiger charge is -2.11. The van der Waals surface area contributed by atoms with Crippen molar-refractivity contribution in [2.24, 2.45) is 0 Å². The molecule has 5 aliphatic carbocycles. The molecule has 598 valence electrons. The molecule has 0 N–H and O–H groups in total. The topological polar surface area (TPSA) is 244 Å². The fourth-order valence-electron chi connectivity index (χ4n) is 13.4. The van der Waals surface area contributed by atoms with Crippen LogP contribution in [0.4, 0.5) is 69.9 Å². The van der Waals surface area contributed by atoms with Crippen molar-refractivity contribution in [1.82, 2.24) is 104 Å². The lowest BCUT2D eigenvalue weighted by atomic mass is 10.2. The first-order valence-corrected chi connectivity index (χ1v) is 37.0. The van der Waals surface area contributed by atoms with Gasteiger partial charge in [0.2, 0.25) is 0 Å². The molecule has 5 aliphatic rings. The van der Waals surface area contributed by atoms with E-state index in [1.807, 2.05) is 25.8 Å². The number of fused-ring (bicyclic) bond motifs is 5. The first-order valence-electron chi connectivity index (χ1n) is 37.0. The van der Waals surface area contributed by atoms with E-state index in [0.29, 0.717) is 103 Å². The fraction of sp³-hybridized carbons (Fsp3) is 0.305. The van der Waals surface area contributed by atoms with E-state index in [0.717, 1.165) is 135 Å². The lowest BCUT2D eigenvalue weighted by Crippen LogP contribution is -2.11. The van der Waals surface area contributed by atoms with Crippen LogP contribution in [0.3, 0.4) is 0 Å². The minimum atomic E-state index is -4.56. The van der Waals surface area contributed by atoms with Crippen molar-refractivity contribution in [2.45, 2.75) is 160 Å². The second-order valence-electron chi connectivity index (χ2n) is 28.9. The monoisotopic (exact) mass is 1610 g/mol. The Morgan fingerprint density at radius 2 is 0.661 bits per heavy atom. The van der Waals surface area contributed by atoms with Crippen molar-refractivity contribution < 1.29 is 52.7 Å². The number of rotatable bonds is 14. The number of hydrogen-bond donors (Lipinski definition) is 0. The maximum absolute atomic E-state index is 13.6. The predicted octanol–water partition coefficient (Wildman–Crippen LogP) is 21.6. The molecule has 5 fully saturated rings. The molecule has 0 amide bonds. The Hall–Kier alpha value is -13.6. The molecule has 3 atom stereocenters. The molecule has 0 saturated heterocycles. The Kier molecular flexibility index (Phi) is 21.5. The summed E-state index contributed by atoms with van der Waals surface area (Å²) in [4.78, 5) is 37.2. The number of imidazole rings is 5. The van der Waals surface area contributed by atoms with Crippen LogP contribution < -0.4 is 0 Å². The van der Waals surface area contributed by atoms with E-state index in [4.69, 9.17) is 19.7 Å². The van der Waals surface area contributed by atoms with E-state index < -0.39 is 65.3 Å². The van der Waals surface area contributed by atoms with Gasteiger partial charge in [0.05, 0.1) is 105 Å². The number of benzene rings is 4. The van der Waals surface area contributed by atoms with Crippen molar-refractivity contribution in [2.75, 3.05) is 0 Å². The maximum atomic E-state index is 13.6. The van der Waals surface area contributed by atoms with Crippen molar-refractivity contribution in [3.05, 3.63) is 220 Å². The summed E-state index contributed by atoms with van der Waals surface area (Å²) in [7, 11) is 0. The first kappa shape index (κ1) is 79.6. The van der Waals surface area contributed by atoms with Crippen LogP contribution in [0.2, 0.25) is 0 Å². The molecule has 3 unspecified atom stereocenters. The largest absolute Gasteiger partial charge is 0.435 e. The van der Waals surface area contributed by atoms with Crippen LogP contribution in [0.25, 0.3) is 127 Å². The van der Waals surface area contributed by atoms with Gasteiger partial charge < -0.3 is 23.1 Å². The van der Waals surface area contributed by atoms with Gasteiger partial charge in [0.25, 0.3) is 17.4 Å². The fourth-order valence-corrected chi connectivity index (χ4v) is 13.4. The molecule has 118 heavy (non-hydrogen) atoms. The summed E-state index contributed by atoms with van der Waals surface area (Å²) in [6.07, 6.45) is 8.89. The Bertz CT molecular complexity index is 6340. The highest BCUT2D eigenvalue weighted by Gasteiger charge is 2.38. The number of nitrogens with zero attached hydrogens (tertiary/aromatic N) is 24. The van der Waals surface area contributed by atoms with Crippen LogP contribution in [-0.2, 0) is 12.1 Å². The molecular weight excluding hydrogens is 1550 g/mol. The Morgan fingerprint density at radius 3 is 1.01 bits per heavy atom. The van der Waals surface area contributed by atoms with Crippen LogP contribution in [-0.4, -0.2) is 104 Å². The maximum Gasteiger partial charge on any atom is 0.435 e. The van der Waals surface area contributed by atoms with Crippen molar-refractivity contribution in [3.8, 4) is 56.9 Å². The number of halogens is 12. The van der Waals surface area contributed by atoms with Crippen molar-refractivity contribution in [1.29, 1.82) is 0 Å². The SMILES string of the molecule is C.CC(F)(F)c1cc(-c2nc3cc(F)c(F)cc3n2C2CC2)cnn1.CC(F)c1cc(-c2nc3cc(F)c(F)cc3n2C2CC2)cnn1.[C-]#[N+]c1ccc2nc(-c3cnnc(C(C)F)c3)n(C3CC3)c2c1.[C-]#[N+]c1ccc2nc(-c3cnnc(C(C)F)c3)n(C3CC3)c2n1.[C-]#[N+]c1ccc2nc(-c3cnnc(C(F)(F)F)c3)n(C3CC3)c2c1. The minimum Gasteiger partial charge on any atom is -0.361 e. The molecule has 0 radical (unpaired) electrons. The zero-order chi connectivity index (χ0) is 82.0. The number of hydrogen-bond acceptors (Lipinski definition) is 16. The van der Waals surface area contributed by atoms with Gasteiger partial charge in [0.15, 0.2) is 40.3 Å². The highest BCUT2D eigenvalue weighted by molar-refractivity contribution is 5.87. The molecule has 4 aromatic carbocycles. The van der Waals surface area contributed by atoms with E-state index in [1.54, 1.807) is 71.6 Å². The molecule has 0 spiro atoms. The zero-order valence-electron chi connectivity index (χ0n) is 62.2. The smallest absolute Gasteiger partial charge is 0.361 e. The summed E-state index contributed by atoms with van der Waals surface area (Å²) in [5, 5.41) is 36.7. The van der Waals surface area contributed by atoms with Crippen LogP contribution in [0, 0.1) is 43.0 Å².